The Balaban J connectivity index is 2.92. The minimum atomic E-state index is 0.563. The van der Waals surface area contributed by atoms with Crippen molar-refractivity contribution in [1.29, 1.82) is 0 Å². The molecule has 0 aromatic heterocycles. The maximum atomic E-state index is 5.06. The molecule has 0 unspecified atom stereocenters. The molecule has 65 valence electrons. The first-order valence-corrected chi connectivity index (χ1v) is 3.80. The van der Waals surface area contributed by atoms with Crippen LogP contribution in [0.15, 0.2) is 24.3 Å². The molecule has 0 aliphatic rings. The summed E-state index contributed by atoms with van der Waals surface area (Å²) in [7, 11) is 3.20. The Kier molecular flexibility index (Phi) is 3.26. The van der Waals surface area contributed by atoms with Crippen molar-refractivity contribution < 1.29 is 9.47 Å². The summed E-state index contributed by atoms with van der Waals surface area (Å²) in [4.78, 5) is 0. The van der Waals surface area contributed by atoms with Crippen molar-refractivity contribution in [1.82, 2.24) is 0 Å². The van der Waals surface area contributed by atoms with E-state index >= 15 is 0 Å². The first-order chi connectivity index (χ1) is 5.79. The van der Waals surface area contributed by atoms with E-state index in [1.165, 1.54) is 0 Å². The normalized spacial score (nSPS) is 10.7. The summed E-state index contributed by atoms with van der Waals surface area (Å²) in [6.45, 7) is 2.02. The highest BCUT2D eigenvalue weighted by atomic mass is 16.7. The topological polar surface area (TPSA) is 18.5 Å². The van der Waals surface area contributed by atoms with Gasteiger partial charge in [-0.15, -0.1) is 0 Å². The van der Waals surface area contributed by atoms with Crippen molar-refractivity contribution >= 4 is 0 Å². The van der Waals surface area contributed by atoms with E-state index in [9.17, 15) is 0 Å². The standard InChI is InChI=1S/C10H13O2/c1-8-6-4-5-7-9(8)10(11-2)12-3/h4-7H,1-3H3. The van der Waals surface area contributed by atoms with Gasteiger partial charge in [-0.25, -0.2) is 0 Å². The lowest BCUT2D eigenvalue weighted by Gasteiger charge is -2.13. The van der Waals surface area contributed by atoms with Gasteiger partial charge in [-0.1, -0.05) is 24.3 Å². The maximum absolute atomic E-state index is 5.06. The molecule has 0 aliphatic carbocycles. The highest BCUT2D eigenvalue weighted by Gasteiger charge is 2.12. The summed E-state index contributed by atoms with van der Waals surface area (Å²) in [5.74, 6) is 0. The van der Waals surface area contributed by atoms with Crippen LogP contribution < -0.4 is 0 Å². The molecular formula is C10H13O2. The Labute approximate surface area is 73.1 Å². The van der Waals surface area contributed by atoms with Crippen molar-refractivity contribution in [3.63, 3.8) is 0 Å². The number of benzene rings is 1. The van der Waals surface area contributed by atoms with Crippen LogP contribution in [0.25, 0.3) is 0 Å². The molecule has 0 fully saturated rings. The predicted octanol–water partition coefficient (Wildman–Crippen LogP) is 2.13. The second kappa shape index (κ2) is 4.24. The molecule has 1 radical (unpaired) electrons. The monoisotopic (exact) mass is 165 g/mol. The van der Waals surface area contributed by atoms with Crippen molar-refractivity contribution in [3.8, 4) is 0 Å². The van der Waals surface area contributed by atoms with Crippen LogP contribution >= 0.6 is 0 Å². The van der Waals surface area contributed by atoms with Gasteiger partial charge in [0.25, 0.3) is 6.29 Å². The summed E-state index contributed by atoms with van der Waals surface area (Å²) < 4.78 is 10.1. The van der Waals surface area contributed by atoms with Crippen LogP contribution in [-0.4, -0.2) is 14.2 Å². The largest absolute Gasteiger partial charge is 0.345 e. The molecule has 0 aliphatic heterocycles. The molecule has 0 saturated heterocycles. The Morgan fingerprint density at radius 1 is 1.08 bits per heavy atom. The molecule has 0 spiro atoms. The Hall–Kier alpha value is -0.860. The molecule has 0 amide bonds. The van der Waals surface area contributed by atoms with Crippen LogP contribution in [0.2, 0.25) is 0 Å². The van der Waals surface area contributed by atoms with Gasteiger partial charge in [0, 0.05) is 19.8 Å². The SMILES string of the molecule is CO[C](OC)c1ccccc1C. The Morgan fingerprint density at radius 2 is 1.67 bits per heavy atom. The van der Waals surface area contributed by atoms with Gasteiger partial charge in [-0.2, -0.15) is 0 Å². The molecule has 12 heavy (non-hydrogen) atoms. The smallest absolute Gasteiger partial charge is 0.255 e. The van der Waals surface area contributed by atoms with E-state index in [0.717, 1.165) is 11.1 Å². The van der Waals surface area contributed by atoms with E-state index in [0.29, 0.717) is 6.29 Å². The molecule has 2 heteroatoms. The average molecular weight is 165 g/mol. The van der Waals surface area contributed by atoms with E-state index in [-0.39, 0.29) is 0 Å². The van der Waals surface area contributed by atoms with Gasteiger partial charge in [0.1, 0.15) is 0 Å². The first-order valence-electron chi connectivity index (χ1n) is 3.80. The summed E-state index contributed by atoms with van der Waals surface area (Å²) in [6, 6.07) is 7.94. The number of ether oxygens (including phenoxy) is 2. The summed E-state index contributed by atoms with van der Waals surface area (Å²) >= 11 is 0. The summed E-state index contributed by atoms with van der Waals surface area (Å²) in [5.41, 5.74) is 2.15. The molecule has 2 nitrogen and oxygen atoms in total. The quantitative estimate of drug-likeness (QED) is 0.683. The number of hydrogen-bond donors (Lipinski definition) is 0. The van der Waals surface area contributed by atoms with Gasteiger partial charge >= 0.3 is 0 Å². The third-order valence-corrected chi connectivity index (χ3v) is 1.74. The lowest BCUT2D eigenvalue weighted by molar-refractivity contribution is 0.0266. The average Bonchev–Trinajstić information content (AvgIpc) is 2.10. The molecule has 1 rings (SSSR count). The van der Waals surface area contributed by atoms with Gasteiger partial charge in [0.2, 0.25) is 0 Å². The van der Waals surface area contributed by atoms with Gasteiger partial charge in [0.15, 0.2) is 0 Å². The maximum Gasteiger partial charge on any atom is 0.255 e. The van der Waals surface area contributed by atoms with Crippen molar-refractivity contribution in [2.75, 3.05) is 14.2 Å². The van der Waals surface area contributed by atoms with E-state index in [2.05, 4.69) is 0 Å². The fourth-order valence-corrected chi connectivity index (χ4v) is 1.11. The second-order valence-electron chi connectivity index (χ2n) is 2.51. The Morgan fingerprint density at radius 3 is 2.17 bits per heavy atom. The molecule has 1 aromatic carbocycles. The summed E-state index contributed by atoms with van der Waals surface area (Å²) in [5, 5.41) is 0. The fourth-order valence-electron chi connectivity index (χ4n) is 1.11. The Bertz CT molecular complexity index is 241. The number of rotatable bonds is 3. The highest BCUT2D eigenvalue weighted by molar-refractivity contribution is 5.32. The lowest BCUT2D eigenvalue weighted by Crippen LogP contribution is -2.06. The molecule has 1 aromatic rings. The minimum absolute atomic E-state index is 0.563. The van der Waals surface area contributed by atoms with Crippen molar-refractivity contribution in [2.45, 2.75) is 6.92 Å². The molecular weight excluding hydrogens is 152 g/mol. The van der Waals surface area contributed by atoms with Gasteiger partial charge in [-0.05, 0) is 12.5 Å². The second-order valence-corrected chi connectivity index (χ2v) is 2.51. The van der Waals surface area contributed by atoms with E-state index in [1.54, 1.807) is 14.2 Å². The third kappa shape index (κ3) is 1.84. The number of aryl methyl sites for hydroxylation is 1. The number of methoxy groups -OCH3 is 2. The zero-order valence-corrected chi connectivity index (χ0v) is 7.63. The lowest BCUT2D eigenvalue weighted by atomic mass is 10.1. The minimum Gasteiger partial charge on any atom is -0.345 e. The van der Waals surface area contributed by atoms with Crippen LogP contribution in [-0.2, 0) is 9.47 Å². The number of hydrogen-bond acceptors (Lipinski definition) is 2. The van der Waals surface area contributed by atoms with E-state index in [4.69, 9.17) is 9.47 Å². The molecule has 0 heterocycles. The first kappa shape index (κ1) is 9.23. The van der Waals surface area contributed by atoms with Crippen molar-refractivity contribution in [3.05, 3.63) is 41.7 Å². The van der Waals surface area contributed by atoms with Gasteiger partial charge in [-0.3, -0.25) is 0 Å². The highest BCUT2D eigenvalue weighted by Crippen LogP contribution is 2.19. The van der Waals surface area contributed by atoms with Crippen LogP contribution in [0.5, 0.6) is 0 Å². The predicted molar refractivity (Wildman–Crippen MR) is 47.5 cm³/mol. The molecule has 0 bridgehead atoms. The van der Waals surface area contributed by atoms with E-state index in [1.807, 2.05) is 31.2 Å². The zero-order chi connectivity index (χ0) is 8.97. The van der Waals surface area contributed by atoms with Crippen LogP contribution in [0.3, 0.4) is 0 Å². The van der Waals surface area contributed by atoms with Crippen LogP contribution in [0.4, 0.5) is 0 Å². The summed E-state index contributed by atoms with van der Waals surface area (Å²) in [6.07, 6.45) is 0.563. The van der Waals surface area contributed by atoms with E-state index < -0.39 is 0 Å². The van der Waals surface area contributed by atoms with Crippen molar-refractivity contribution in [2.24, 2.45) is 0 Å². The third-order valence-electron chi connectivity index (χ3n) is 1.74. The van der Waals surface area contributed by atoms with Crippen LogP contribution in [0, 0.1) is 13.2 Å². The van der Waals surface area contributed by atoms with Gasteiger partial charge in [0.05, 0.1) is 0 Å². The molecule has 0 atom stereocenters. The molecule has 0 N–H and O–H groups in total. The zero-order valence-electron chi connectivity index (χ0n) is 7.63. The fraction of sp³-hybridized carbons (Fsp3) is 0.300. The van der Waals surface area contributed by atoms with Gasteiger partial charge < -0.3 is 9.47 Å². The molecule has 0 saturated carbocycles. The van der Waals surface area contributed by atoms with Crippen LogP contribution in [0.1, 0.15) is 11.1 Å².